The van der Waals surface area contributed by atoms with Crippen molar-refractivity contribution in [3.05, 3.63) is 0 Å². The molecule has 0 amide bonds. The van der Waals surface area contributed by atoms with Crippen molar-refractivity contribution in [1.29, 1.82) is 0 Å². The molecule has 0 unspecified atom stereocenters. The molecule has 0 saturated heterocycles. The number of hydrogen-bond acceptors (Lipinski definition) is 1. The fourth-order valence-corrected chi connectivity index (χ4v) is 12.8. The zero-order chi connectivity index (χ0) is 12.3. The summed E-state index contributed by atoms with van der Waals surface area (Å²) in [5, 5.41) is 1.12. The summed E-state index contributed by atoms with van der Waals surface area (Å²) < 4.78 is 13.2. The van der Waals surface area contributed by atoms with E-state index in [9.17, 15) is 4.57 Å². The minimum atomic E-state index is -2.05. The van der Waals surface area contributed by atoms with Crippen LogP contribution in [0.5, 0.6) is 0 Å². The van der Waals surface area contributed by atoms with E-state index in [4.69, 9.17) is 0 Å². The molecule has 0 aromatic rings. The average Bonchev–Trinajstić information content (AvgIpc) is 2.00. The molecule has 0 aromatic heterocycles. The van der Waals surface area contributed by atoms with Crippen LogP contribution >= 0.6 is 5.83 Å². The third-order valence-corrected chi connectivity index (χ3v) is 17.6. The number of rotatable bonds is 4. The minimum absolute atomic E-state index is 0.0288. The Hall–Kier alpha value is 0.749. The van der Waals surface area contributed by atoms with Gasteiger partial charge < -0.3 is 0 Å². The van der Waals surface area contributed by atoms with E-state index < -0.39 is 5.83 Å². The van der Waals surface area contributed by atoms with E-state index in [1.54, 1.807) is 0 Å². The van der Waals surface area contributed by atoms with E-state index in [2.05, 4.69) is 48.5 Å². The van der Waals surface area contributed by atoms with Crippen LogP contribution in [0, 0.1) is 0 Å². The van der Waals surface area contributed by atoms with Crippen LogP contribution in [0.15, 0.2) is 0 Å². The first-order valence-corrected chi connectivity index (χ1v) is 10.9. The molecule has 92 valence electrons. The van der Waals surface area contributed by atoms with Gasteiger partial charge in [-0.2, -0.15) is 0 Å². The Kier molecular flexibility index (Phi) is 5.66. The maximum absolute atomic E-state index is 13.2. The third-order valence-electron chi connectivity index (χ3n) is 2.54. The topological polar surface area (TPSA) is 17.1 Å². The second-order valence-electron chi connectivity index (χ2n) is 6.08. The van der Waals surface area contributed by atoms with Crippen molar-refractivity contribution >= 4 is 20.3 Å². The van der Waals surface area contributed by atoms with E-state index in [-0.39, 0.29) is 10.3 Å². The van der Waals surface area contributed by atoms with Gasteiger partial charge in [-0.15, -0.1) is 0 Å². The first-order valence-electron chi connectivity index (χ1n) is 5.81. The van der Waals surface area contributed by atoms with Gasteiger partial charge in [-0.05, 0) is 0 Å². The van der Waals surface area contributed by atoms with Crippen LogP contribution in [0.4, 0.5) is 0 Å². The van der Waals surface area contributed by atoms with E-state index in [0.717, 1.165) is 0 Å². The Balaban J connectivity index is 4.83. The molecule has 3 heteroatoms. The average molecular weight is 297 g/mol. The molecule has 0 aromatic carbocycles. The Morgan fingerprint density at radius 1 is 1.00 bits per heavy atom. The van der Waals surface area contributed by atoms with Crippen molar-refractivity contribution in [2.45, 2.75) is 76.9 Å². The predicted molar refractivity (Wildman–Crippen MR) is 72.6 cm³/mol. The van der Waals surface area contributed by atoms with Crippen LogP contribution in [-0.4, -0.2) is 24.8 Å². The molecule has 0 aliphatic heterocycles. The van der Waals surface area contributed by atoms with E-state index in [1.807, 2.05) is 0 Å². The predicted octanol–water partition coefficient (Wildman–Crippen LogP) is 4.78. The summed E-state index contributed by atoms with van der Waals surface area (Å²) >= 11 is 0.305. The van der Waals surface area contributed by atoms with Gasteiger partial charge in [0.2, 0.25) is 0 Å². The van der Waals surface area contributed by atoms with Crippen LogP contribution in [0.3, 0.4) is 0 Å². The van der Waals surface area contributed by atoms with Crippen LogP contribution in [0.1, 0.15) is 61.3 Å². The van der Waals surface area contributed by atoms with Crippen LogP contribution < -0.4 is 0 Å². The summed E-state index contributed by atoms with van der Waals surface area (Å²) in [5.41, 5.74) is 0. The Labute approximate surface area is 102 Å². The molecular formula is C12H27OPSe. The molecule has 1 nitrogen and oxygen atoms in total. The molecule has 0 N–H and O–H groups in total. The van der Waals surface area contributed by atoms with Gasteiger partial charge in [0.1, 0.15) is 0 Å². The summed E-state index contributed by atoms with van der Waals surface area (Å²) in [4.78, 5) is 0. The molecule has 0 radical (unpaired) electrons. The van der Waals surface area contributed by atoms with Crippen molar-refractivity contribution in [2.75, 3.05) is 0 Å². The molecule has 0 saturated carbocycles. The Morgan fingerprint density at radius 3 is 1.67 bits per heavy atom. The molecule has 0 aliphatic carbocycles. The van der Waals surface area contributed by atoms with Gasteiger partial charge >= 0.3 is 102 Å². The van der Waals surface area contributed by atoms with Crippen LogP contribution in [0.2, 0.25) is 5.32 Å². The van der Waals surface area contributed by atoms with Gasteiger partial charge in [0, 0.05) is 0 Å². The quantitative estimate of drug-likeness (QED) is 0.414. The molecule has 0 atom stereocenters. The van der Waals surface area contributed by atoms with Gasteiger partial charge in [0.25, 0.3) is 0 Å². The SMILES string of the molecule is CCCC[Se]P(=O)(C(C)(C)C)C(C)(C)C. The van der Waals surface area contributed by atoms with Gasteiger partial charge in [-0.1, -0.05) is 0 Å². The standard InChI is InChI=1S/C12H27OPSe/c1-8-9-10-15-14(13,11(2,3)4)12(5,6)7/h8-10H2,1-7H3. The Bertz CT molecular complexity index is 217. The van der Waals surface area contributed by atoms with Gasteiger partial charge in [0.15, 0.2) is 0 Å². The molecule has 0 aliphatic rings. The Morgan fingerprint density at radius 2 is 1.40 bits per heavy atom. The van der Waals surface area contributed by atoms with Crippen molar-refractivity contribution in [3.8, 4) is 0 Å². The van der Waals surface area contributed by atoms with Gasteiger partial charge in [-0.25, -0.2) is 0 Å². The van der Waals surface area contributed by atoms with E-state index in [1.165, 1.54) is 18.2 Å². The number of hydrogen-bond donors (Lipinski definition) is 0. The molecule has 0 bridgehead atoms. The zero-order valence-corrected chi connectivity index (χ0v) is 14.0. The van der Waals surface area contributed by atoms with Gasteiger partial charge in [0.05, 0.1) is 0 Å². The van der Waals surface area contributed by atoms with Crippen LogP contribution in [-0.2, 0) is 4.57 Å². The first kappa shape index (κ1) is 15.7. The van der Waals surface area contributed by atoms with E-state index in [0.29, 0.717) is 14.5 Å². The third kappa shape index (κ3) is 3.91. The summed E-state index contributed by atoms with van der Waals surface area (Å²) in [7, 11) is 0. The van der Waals surface area contributed by atoms with E-state index >= 15 is 0 Å². The van der Waals surface area contributed by atoms with Crippen molar-refractivity contribution in [2.24, 2.45) is 0 Å². The van der Waals surface area contributed by atoms with Crippen molar-refractivity contribution < 1.29 is 4.57 Å². The van der Waals surface area contributed by atoms with Crippen molar-refractivity contribution in [1.82, 2.24) is 0 Å². The monoisotopic (exact) mass is 298 g/mol. The maximum atomic E-state index is 13.2. The molecule has 15 heavy (non-hydrogen) atoms. The summed E-state index contributed by atoms with van der Waals surface area (Å²) in [5.74, 6) is -2.05. The second-order valence-corrected chi connectivity index (χ2v) is 15.8. The summed E-state index contributed by atoms with van der Waals surface area (Å²) in [6, 6.07) is 0. The fourth-order valence-electron chi connectivity index (χ4n) is 1.73. The van der Waals surface area contributed by atoms with Gasteiger partial charge in [-0.3, -0.25) is 0 Å². The summed E-state index contributed by atoms with van der Waals surface area (Å²) in [6.45, 7) is 15.1. The molecular weight excluding hydrogens is 270 g/mol. The van der Waals surface area contributed by atoms with Crippen molar-refractivity contribution in [3.63, 3.8) is 0 Å². The zero-order valence-electron chi connectivity index (χ0n) is 11.4. The second kappa shape index (κ2) is 5.39. The molecule has 0 heterocycles. The van der Waals surface area contributed by atoms with Crippen LogP contribution in [0.25, 0.3) is 0 Å². The molecule has 0 rings (SSSR count). The normalized spacial score (nSPS) is 14.3. The molecule has 0 fully saturated rings. The first-order chi connectivity index (χ1) is 6.56. The summed E-state index contributed by atoms with van der Waals surface area (Å²) in [6.07, 6.45) is 2.45. The molecule has 0 spiro atoms. The number of unbranched alkanes of at least 4 members (excludes halogenated alkanes) is 1. The fraction of sp³-hybridized carbons (Fsp3) is 1.00.